The van der Waals surface area contributed by atoms with Crippen LogP contribution in [-0.2, 0) is 0 Å². The monoisotopic (exact) mass is 262 g/mol. The van der Waals surface area contributed by atoms with Crippen molar-refractivity contribution < 1.29 is 9.47 Å². The van der Waals surface area contributed by atoms with Crippen LogP contribution in [0.3, 0.4) is 0 Å². The maximum atomic E-state index is 6.34. The van der Waals surface area contributed by atoms with Crippen LogP contribution in [0.25, 0.3) is 0 Å². The Morgan fingerprint density at radius 1 is 1.26 bits per heavy atom. The van der Waals surface area contributed by atoms with E-state index in [1.807, 2.05) is 6.07 Å². The zero-order chi connectivity index (χ0) is 13.2. The summed E-state index contributed by atoms with van der Waals surface area (Å²) in [5.74, 6) is 1.71. The Bertz CT molecular complexity index is 450. The van der Waals surface area contributed by atoms with Crippen molar-refractivity contribution in [2.75, 3.05) is 26.3 Å². The largest absolute Gasteiger partial charge is 0.486 e. The molecule has 0 saturated carbocycles. The second kappa shape index (κ2) is 5.39. The van der Waals surface area contributed by atoms with E-state index >= 15 is 0 Å². The highest BCUT2D eigenvalue weighted by Gasteiger charge is 2.30. The van der Waals surface area contributed by atoms with Crippen LogP contribution in [0, 0.1) is 0 Å². The van der Waals surface area contributed by atoms with E-state index < -0.39 is 0 Å². The van der Waals surface area contributed by atoms with E-state index in [4.69, 9.17) is 15.2 Å². The predicted molar refractivity (Wildman–Crippen MR) is 74.6 cm³/mol. The fraction of sp³-hybridized carbons (Fsp3) is 0.600. The first kappa shape index (κ1) is 12.8. The Kier molecular flexibility index (Phi) is 3.62. The molecule has 1 aromatic carbocycles. The zero-order valence-corrected chi connectivity index (χ0v) is 11.5. The van der Waals surface area contributed by atoms with Crippen molar-refractivity contribution in [3.63, 3.8) is 0 Å². The van der Waals surface area contributed by atoms with Gasteiger partial charge in [0.05, 0.1) is 0 Å². The normalized spacial score (nSPS) is 27.3. The first-order chi connectivity index (χ1) is 9.29. The van der Waals surface area contributed by atoms with Gasteiger partial charge in [0.1, 0.15) is 13.2 Å². The van der Waals surface area contributed by atoms with E-state index in [2.05, 4.69) is 24.0 Å². The van der Waals surface area contributed by atoms with Gasteiger partial charge in [-0.15, -0.1) is 0 Å². The number of fused-ring (bicyclic) bond motifs is 1. The molecule has 2 unspecified atom stereocenters. The molecule has 104 valence electrons. The van der Waals surface area contributed by atoms with Crippen molar-refractivity contribution in [3.8, 4) is 11.5 Å². The first-order valence-corrected chi connectivity index (χ1v) is 7.18. The summed E-state index contributed by atoms with van der Waals surface area (Å²) in [5, 5.41) is 0. The molecule has 0 spiro atoms. The minimum absolute atomic E-state index is 0.205. The van der Waals surface area contributed by atoms with Crippen LogP contribution in [0.2, 0.25) is 0 Å². The number of hydrogen-bond acceptors (Lipinski definition) is 4. The summed E-state index contributed by atoms with van der Waals surface area (Å²) in [4.78, 5) is 2.46. The Labute approximate surface area is 114 Å². The highest BCUT2D eigenvalue weighted by atomic mass is 16.6. The molecule has 0 aliphatic carbocycles. The van der Waals surface area contributed by atoms with Gasteiger partial charge in [-0.05, 0) is 43.6 Å². The highest BCUT2D eigenvalue weighted by molar-refractivity contribution is 5.45. The van der Waals surface area contributed by atoms with Crippen LogP contribution >= 0.6 is 0 Å². The van der Waals surface area contributed by atoms with Crippen molar-refractivity contribution in [2.45, 2.75) is 31.8 Å². The second-order valence-electron chi connectivity index (χ2n) is 5.28. The number of nitrogens with two attached hydrogens (primary N) is 1. The van der Waals surface area contributed by atoms with Gasteiger partial charge in [-0.1, -0.05) is 13.0 Å². The zero-order valence-electron chi connectivity index (χ0n) is 11.5. The summed E-state index contributed by atoms with van der Waals surface area (Å²) in [5.41, 5.74) is 7.59. The summed E-state index contributed by atoms with van der Waals surface area (Å²) in [6.07, 6.45) is 2.28. The van der Waals surface area contributed by atoms with Crippen LogP contribution < -0.4 is 15.2 Å². The third-order valence-corrected chi connectivity index (χ3v) is 4.10. The number of hydrogen-bond donors (Lipinski definition) is 1. The van der Waals surface area contributed by atoms with Gasteiger partial charge < -0.3 is 15.2 Å². The molecule has 4 heteroatoms. The molecule has 0 bridgehead atoms. The molecule has 2 heterocycles. The molecular formula is C15H22N2O2. The number of likely N-dealkylation sites (tertiary alicyclic amines) is 1. The Hall–Kier alpha value is -1.26. The van der Waals surface area contributed by atoms with Crippen LogP contribution in [-0.4, -0.2) is 37.2 Å². The fourth-order valence-electron chi connectivity index (χ4n) is 3.15. The molecule has 0 aromatic heterocycles. The Balaban J connectivity index is 1.91. The average molecular weight is 262 g/mol. The molecule has 3 rings (SSSR count). The summed E-state index contributed by atoms with van der Waals surface area (Å²) in [6, 6.07) is 6.75. The minimum atomic E-state index is 0.205. The summed E-state index contributed by atoms with van der Waals surface area (Å²) in [7, 11) is 0. The molecule has 2 N–H and O–H groups in total. The SMILES string of the molecule is CCN1CCCC(N)C1c1ccc2c(c1)OCCO2. The molecule has 1 fully saturated rings. The number of benzene rings is 1. The molecule has 4 nitrogen and oxygen atoms in total. The molecule has 0 amide bonds. The molecule has 1 saturated heterocycles. The summed E-state index contributed by atoms with van der Waals surface area (Å²) >= 11 is 0. The van der Waals surface area contributed by atoms with Crippen LogP contribution in [0.15, 0.2) is 18.2 Å². The third-order valence-electron chi connectivity index (χ3n) is 4.10. The topological polar surface area (TPSA) is 47.7 Å². The summed E-state index contributed by atoms with van der Waals surface area (Å²) in [6.45, 7) is 5.63. The Morgan fingerprint density at radius 3 is 2.84 bits per heavy atom. The second-order valence-corrected chi connectivity index (χ2v) is 5.28. The van der Waals surface area contributed by atoms with Crippen molar-refractivity contribution in [1.82, 2.24) is 4.90 Å². The van der Waals surface area contributed by atoms with E-state index in [0.29, 0.717) is 19.3 Å². The molecule has 2 atom stereocenters. The van der Waals surface area contributed by atoms with Gasteiger partial charge in [0.25, 0.3) is 0 Å². The molecule has 0 radical (unpaired) electrons. The predicted octanol–water partition coefficient (Wildman–Crippen LogP) is 1.94. The van der Waals surface area contributed by atoms with Crippen molar-refractivity contribution >= 4 is 0 Å². The van der Waals surface area contributed by atoms with Gasteiger partial charge in [0.15, 0.2) is 11.5 Å². The lowest BCUT2D eigenvalue weighted by molar-refractivity contribution is 0.134. The van der Waals surface area contributed by atoms with Gasteiger partial charge in [0, 0.05) is 12.1 Å². The lowest BCUT2D eigenvalue weighted by Crippen LogP contribution is -2.45. The minimum Gasteiger partial charge on any atom is -0.486 e. The maximum absolute atomic E-state index is 6.34. The van der Waals surface area contributed by atoms with Gasteiger partial charge in [-0.2, -0.15) is 0 Å². The molecule has 2 aliphatic heterocycles. The molecule has 2 aliphatic rings. The quantitative estimate of drug-likeness (QED) is 0.885. The highest BCUT2D eigenvalue weighted by Crippen LogP contribution is 2.36. The number of ether oxygens (including phenoxy) is 2. The average Bonchev–Trinajstić information content (AvgIpc) is 2.46. The van der Waals surface area contributed by atoms with Gasteiger partial charge in [0.2, 0.25) is 0 Å². The van der Waals surface area contributed by atoms with Crippen molar-refractivity contribution in [1.29, 1.82) is 0 Å². The molecular weight excluding hydrogens is 240 g/mol. The lowest BCUT2D eigenvalue weighted by atomic mass is 9.91. The maximum Gasteiger partial charge on any atom is 0.161 e. The number of nitrogens with zero attached hydrogens (tertiary/aromatic N) is 1. The standard InChI is InChI=1S/C15H22N2O2/c1-2-17-7-3-4-12(16)15(17)11-5-6-13-14(10-11)19-9-8-18-13/h5-6,10,12,15H,2-4,7-9,16H2,1H3. The van der Waals surface area contributed by atoms with Gasteiger partial charge in [-0.3, -0.25) is 4.90 Å². The molecule has 19 heavy (non-hydrogen) atoms. The third kappa shape index (κ3) is 2.42. The number of likely N-dealkylation sites (N-methyl/N-ethyl adjacent to an activating group) is 1. The van der Waals surface area contributed by atoms with E-state index in [0.717, 1.165) is 31.0 Å². The summed E-state index contributed by atoms with van der Waals surface area (Å²) < 4.78 is 11.3. The Morgan fingerprint density at radius 2 is 2.05 bits per heavy atom. The van der Waals surface area contributed by atoms with Gasteiger partial charge in [-0.25, -0.2) is 0 Å². The number of rotatable bonds is 2. The fourth-order valence-corrected chi connectivity index (χ4v) is 3.15. The van der Waals surface area contributed by atoms with Crippen molar-refractivity contribution in [2.24, 2.45) is 5.73 Å². The van der Waals surface area contributed by atoms with Gasteiger partial charge >= 0.3 is 0 Å². The van der Waals surface area contributed by atoms with Crippen LogP contribution in [0.4, 0.5) is 0 Å². The lowest BCUT2D eigenvalue weighted by Gasteiger charge is -2.39. The van der Waals surface area contributed by atoms with E-state index in [9.17, 15) is 0 Å². The van der Waals surface area contributed by atoms with Crippen molar-refractivity contribution in [3.05, 3.63) is 23.8 Å². The van der Waals surface area contributed by atoms with E-state index in [-0.39, 0.29) is 6.04 Å². The number of piperidine rings is 1. The molecule has 1 aromatic rings. The van der Waals surface area contributed by atoms with Crippen LogP contribution in [0.1, 0.15) is 31.4 Å². The van der Waals surface area contributed by atoms with Crippen LogP contribution in [0.5, 0.6) is 11.5 Å². The van der Waals surface area contributed by atoms with E-state index in [1.54, 1.807) is 0 Å². The van der Waals surface area contributed by atoms with E-state index in [1.165, 1.54) is 12.0 Å². The first-order valence-electron chi connectivity index (χ1n) is 7.18. The smallest absolute Gasteiger partial charge is 0.161 e.